The van der Waals surface area contributed by atoms with Gasteiger partial charge in [0.2, 0.25) is 11.8 Å². The van der Waals surface area contributed by atoms with Gasteiger partial charge in [-0.3, -0.25) is 13.9 Å². The Balaban J connectivity index is 2.03. The van der Waals surface area contributed by atoms with Gasteiger partial charge in [0.05, 0.1) is 15.6 Å². The molecule has 10 heteroatoms. The molecule has 0 aliphatic rings. The molecule has 0 aliphatic heterocycles. The number of hydrogen-bond donors (Lipinski definition) is 1. The molecule has 208 valence electrons. The first-order valence-electron chi connectivity index (χ1n) is 12.6. The minimum atomic E-state index is -4.17. The van der Waals surface area contributed by atoms with Crippen LogP contribution in [0.4, 0.5) is 5.69 Å². The van der Waals surface area contributed by atoms with Crippen molar-refractivity contribution in [3.63, 3.8) is 0 Å². The molecule has 0 radical (unpaired) electrons. The van der Waals surface area contributed by atoms with Crippen LogP contribution in [0.2, 0.25) is 5.02 Å². The fraction of sp³-hybridized carbons (Fsp3) is 0.310. The average molecular weight is 635 g/mol. The van der Waals surface area contributed by atoms with E-state index in [0.717, 1.165) is 26.3 Å². The standard InChI is InChI=1S/C29H33BrClN3O4S/c1-5-21(3)32-29(36)22(4)33(18-23-12-14-24(30)15-13-23)28(35)19-34(27-9-7-6-8-26(27)31)39(37,38)25-16-10-20(2)11-17-25/h6-17,21-22H,5,18-19H2,1-4H3,(H,32,36)/t21-,22+/m0/s1. The molecule has 7 nitrogen and oxygen atoms in total. The Bertz CT molecular complexity index is 1400. The Labute approximate surface area is 244 Å². The maximum Gasteiger partial charge on any atom is 0.264 e. The topological polar surface area (TPSA) is 86.8 Å². The Morgan fingerprint density at radius 2 is 1.59 bits per heavy atom. The molecule has 0 saturated carbocycles. The van der Waals surface area contributed by atoms with Crippen LogP contribution < -0.4 is 9.62 Å². The van der Waals surface area contributed by atoms with E-state index in [2.05, 4.69) is 21.2 Å². The second-order valence-electron chi connectivity index (χ2n) is 9.42. The lowest BCUT2D eigenvalue weighted by atomic mass is 10.1. The lowest BCUT2D eigenvalue weighted by molar-refractivity contribution is -0.139. The molecule has 3 rings (SSSR count). The molecule has 0 fully saturated rings. The molecule has 3 aromatic carbocycles. The van der Waals surface area contributed by atoms with Gasteiger partial charge in [0.25, 0.3) is 10.0 Å². The molecule has 39 heavy (non-hydrogen) atoms. The zero-order valence-corrected chi connectivity index (χ0v) is 25.6. The van der Waals surface area contributed by atoms with Crippen molar-refractivity contribution in [2.75, 3.05) is 10.8 Å². The number of hydrogen-bond acceptors (Lipinski definition) is 4. The first kappa shape index (κ1) is 30.7. The molecule has 1 N–H and O–H groups in total. The zero-order chi connectivity index (χ0) is 28.7. The molecule has 0 aromatic heterocycles. The summed E-state index contributed by atoms with van der Waals surface area (Å²) in [4.78, 5) is 28.5. The molecule has 0 unspecified atom stereocenters. The number of carbonyl (C=O) groups excluding carboxylic acids is 2. The van der Waals surface area contributed by atoms with E-state index < -0.39 is 28.5 Å². The van der Waals surface area contributed by atoms with Crippen molar-refractivity contribution in [1.29, 1.82) is 0 Å². The summed E-state index contributed by atoms with van der Waals surface area (Å²) >= 11 is 9.84. The van der Waals surface area contributed by atoms with Gasteiger partial charge in [-0.1, -0.05) is 76.4 Å². The predicted molar refractivity (Wildman–Crippen MR) is 159 cm³/mol. The Kier molecular flexibility index (Phi) is 10.6. The van der Waals surface area contributed by atoms with E-state index >= 15 is 0 Å². The van der Waals surface area contributed by atoms with Crippen molar-refractivity contribution in [3.05, 3.63) is 93.4 Å². The van der Waals surface area contributed by atoms with E-state index in [1.54, 1.807) is 43.3 Å². The number of halogens is 2. The SMILES string of the molecule is CC[C@H](C)NC(=O)[C@@H](C)N(Cc1ccc(Br)cc1)C(=O)CN(c1ccccc1Cl)S(=O)(=O)c1ccc(C)cc1. The molecule has 3 aromatic rings. The number of carbonyl (C=O) groups is 2. The number of aryl methyl sites for hydroxylation is 1. The largest absolute Gasteiger partial charge is 0.352 e. The van der Waals surface area contributed by atoms with Crippen LogP contribution in [0.3, 0.4) is 0 Å². The highest BCUT2D eigenvalue weighted by Gasteiger charge is 2.33. The first-order valence-corrected chi connectivity index (χ1v) is 15.2. The molecule has 0 bridgehead atoms. The third kappa shape index (κ3) is 7.84. The van der Waals surface area contributed by atoms with E-state index in [1.807, 2.05) is 45.0 Å². The Hall–Kier alpha value is -2.88. The lowest BCUT2D eigenvalue weighted by Crippen LogP contribution is -2.52. The van der Waals surface area contributed by atoms with Gasteiger partial charge in [-0.25, -0.2) is 8.42 Å². The van der Waals surface area contributed by atoms with Crippen molar-refractivity contribution in [2.45, 2.75) is 57.6 Å². The van der Waals surface area contributed by atoms with E-state index in [1.165, 1.54) is 17.0 Å². The normalized spacial score (nSPS) is 12.9. The number of nitrogens with one attached hydrogen (secondary N) is 1. The summed E-state index contributed by atoms with van der Waals surface area (Å²) in [6, 6.07) is 19.3. The van der Waals surface area contributed by atoms with Crippen LogP contribution in [0.25, 0.3) is 0 Å². The minimum Gasteiger partial charge on any atom is -0.352 e. The molecule has 0 spiro atoms. The number of nitrogens with zero attached hydrogens (tertiary/aromatic N) is 2. The van der Waals surface area contributed by atoms with Crippen LogP contribution >= 0.6 is 27.5 Å². The van der Waals surface area contributed by atoms with Gasteiger partial charge in [-0.15, -0.1) is 0 Å². The van der Waals surface area contributed by atoms with E-state index in [0.29, 0.717) is 0 Å². The summed E-state index contributed by atoms with van der Waals surface area (Å²) < 4.78 is 29.6. The number of benzene rings is 3. The van der Waals surface area contributed by atoms with Crippen molar-refractivity contribution in [2.24, 2.45) is 0 Å². The summed E-state index contributed by atoms with van der Waals surface area (Å²) in [5, 5.41) is 3.11. The molecule has 2 atom stereocenters. The van der Waals surface area contributed by atoms with Crippen LogP contribution in [0.5, 0.6) is 0 Å². The maximum absolute atomic E-state index is 13.9. The molecular weight excluding hydrogens is 602 g/mol. The van der Waals surface area contributed by atoms with Crippen LogP contribution in [-0.2, 0) is 26.2 Å². The van der Waals surface area contributed by atoms with E-state index in [-0.39, 0.29) is 34.1 Å². The van der Waals surface area contributed by atoms with E-state index in [4.69, 9.17) is 11.6 Å². The average Bonchev–Trinajstić information content (AvgIpc) is 2.91. The Morgan fingerprint density at radius 1 is 0.974 bits per heavy atom. The van der Waals surface area contributed by atoms with Crippen LogP contribution in [0.1, 0.15) is 38.3 Å². The third-order valence-corrected chi connectivity index (χ3v) is 9.07. The highest BCUT2D eigenvalue weighted by Crippen LogP contribution is 2.31. The van der Waals surface area contributed by atoms with E-state index in [9.17, 15) is 18.0 Å². The van der Waals surface area contributed by atoms with Crippen molar-refractivity contribution >= 4 is 55.1 Å². The first-order chi connectivity index (χ1) is 18.4. The van der Waals surface area contributed by atoms with Gasteiger partial charge in [0.1, 0.15) is 12.6 Å². The predicted octanol–water partition coefficient (Wildman–Crippen LogP) is 5.94. The summed E-state index contributed by atoms with van der Waals surface area (Å²) in [6.45, 7) is 6.91. The van der Waals surface area contributed by atoms with Gasteiger partial charge < -0.3 is 10.2 Å². The maximum atomic E-state index is 13.9. The smallest absolute Gasteiger partial charge is 0.264 e. The fourth-order valence-electron chi connectivity index (χ4n) is 3.84. The van der Waals surface area contributed by atoms with Crippen molar-refractivity contribution < 1.29 is 18.0 Å². The van der Waals surface area contributed by atoms with Gasteiger partial charge in [-0.05, 0) is 69.2 Å². The number of rotatable bonds is 11. The number of para-hydroxylation sites is 1. The minimum absolute atomic E-state index is 0.0304. The van der Waals surface area contributed by atoms with Crippen molar-refractivity contribution in [1.82, 2.24) is 10.2 Å². The number of sulfonamides is 1. The monoisotopic (exact) mass is 633 g/mol. The second-order valence-corrected chi connectivity index (χ2v) is 12.6. The van der Waals surface area contributed by atoms with Crippen molar-refractivity contribution in [3.8, 4) is 0 Å². The summed E-state index contributed by atoms with van der Waals surface area (Å²) in [5.41, 5.74) is 1.87. The fourth-order valence-corrected chi connectivity index (χ4v) is 5.82. The molecule has 2 amide bonds. The number of anilines is 1. The molecule has 0 heterocycles. The summed E-state index contributed by atoms with van der Waals surface area (Å²) in [6.07, 6.45) is 0.730. The zero-order valence-electron chi connectivity index (χ0n) is 22.4. The molecule has 0 saturated heterocycles. The third-order valence-electron chi connectivity index (χ3n) is 6.44. The number of amides is 2. The van der Waals surface area contributed by atoms with Gasteiger partial charge in [0.15, 0.2) is 0 Å². The van der Waals surface area contributed by atoms with Gasteiger partial charge in [-0.2, -0.15) is 0 Å². The quantitative estimate of drug-likeness (QED) is 0.283. The second kappa shape index (κ2) is 13.5. The highest BCUT2D eigenvalue weighted by atomic mass is 79.9. The molecule has 0 aliphatic carbocycles. The highest BCUT2D eigenvalue weighted by molar-refractivity contribution is 9.10. The van der Waals surface area contributed by atoms with Gasteiger partial charge >= 0.3 is 0 Å². The molecular formula is C29H33BrClN3O4S. The van der Waals surface area contributed by atoms with Gasteiger partial charge in [0, 0.05) is 17.1 Å². The van der Waals surface area contributed by atoms with Crippen LogP contribution in [0, 0.1) is 6.92 Å². The van der Waals surface area contributed by atoms with Crippen LogP contribution in [0.15, 0.2) is 82.2 Å². The van der Waals surface area contributed by atoms with Crippen LogP contribution in [-0.4, -0.2) is 43.8 Å². The summed E-state index contributed by atoms with van der Waals surface area (Å²) in [5.74, 6) is -0.860. The Morgan fingerprint density at radius 3 is 2.18 bits per heavy atom. The summed E-state index contributed by atoms with van der Waals surface area (Å²) in [7, 11) is -4.17. The lowest BCUT2D eigenvalue weighted by Gasteiger charge is -2.32.